The van der Waals surface area contributed by atoms with Gasteiger partial charge in [-0.15, -0.1) is 0 Å². The van der Waals surface area contributed by atoms with Crippen LogP contribution in [0.25, 0.3) is 0 Å². The van der Waals surface area contributed by atoms with E-state index in [0.717, 1.165) is 25.7 Å². The van der Waals surface area contributed by atoms with Crippen LogP contribution in [0.4, 0.5) is 0 Å². The quantitative estimate of drug-likeness (QED) is 0.635. The molecule has 0 aliphatic heterocycles. The molecule has 0 radical (unpaired) electrons. The van der Waals surface area contributed by atoms with E-state index in [4.69, 9.17) is 5.11 Å². The van der Waals surface area contributed by atoms with Crippen molar-refractivity contribution in [1.82, 2.24) is 0 Å². The molecule has 14 heavy (non-hydrogen) atoms. The van der Waals surface area contributed by atoms with Crippen molar-refractivity contribution in [3.05, 3.63) is 0 Å². The molecular formula is C11H22O3. The lowest BCUT2D eigenvalue weighted by molar-refractivity contribution is 0.00209. The van der Waals surface area contributed by atoms with E-state index in [-0.39, 0.29) is 18.6 Å². The molecule has 0 aromatic carbocycles. The molecule has 1 aliphatic rings. The Balaban J connectivity index is 2.40. The number of aliphatic hydroxyl groups is 3. The monoisotopic (exact) mass is 202 g/mol. The molecule has 0 spiro atoms. The summed E-state index contributed by atoms with van der Waals surface area (Å²) in [5.74, 6) is 0.866. The van der Waals surface area contributed by atoms with Crippen LogP contribution in [-0.4, -0.2) is 34.1 Å². The Labute approximate surface area is 85.8 Å². The molecule has 3 nitrogen and oxygen atoms in total. The Kier molecular flexibility index (Phi) is 4.85. The average Bonchev–Trinajstić information content (AvgIpc) is 2.21. The number of hydrogen-bond donors (Lipinski definition) is 3. The van der Waals surface area contributed by atoms with E-state index in [1.54, 1.807) is 0 Å². The molecule has 0 aromatic heterocycles. The van der Waals surface area contributed by atoms with Gasteiger partial charge in [-0.25, -0.2) is 0 Å². The zero-order valence-electron chi connectivity index (χ0n) is 8.89. The van der Waals surface area contributed by atoms with Crippen LogP contribution in [0, 0.1) is 11.8 Å². The van der Waals surface area contributed by atoms with Crippen molar-refractivity contribution in [3.63, 3.8) is 0 Å². The molecule has 0 saturated heterocycles. The second-order valence-electron chi connectivity index (χ2n) is 4.49. The minimum Gasteiger partial charge on any atom is -0.394 e. The number of rotatable bonds is 4. The highest BCUT2D eigenvalue weighted by molar-refractivity contribution is 4.80. The normalized spacial score (nSPS) is 35.6. The van der Waals surface area contributed by atoms with Crippen LogP contribution in [-0.2, 0) is 0 Å². The Bertz CT molecular complexity index is 159. The minimum atomic E-state index is -0.662. The summed E-state index contributed by atoms with van der Waals surface area (Å²) in [6.45, 7) is 1.97. The smallest absolute Gasteiger partial charge is 0.0774 e. The fraction of sp³-hybridized carbons (Fsp3) is 1.00. The summed E-state index contributed by atoms with van der Waals surface area (Å²) in [7, 11) is 0. The highest BCUT2D eigenvalue weighted by Crippen LogP contribution is 2.33. The van der Waals surface area contributed by atoms with Gasteiger partial charge in [0.15, 0.2) is 0 Å². The molecule has 1 saturated carbocycles. The van der Waals surface area contributed by atoms with Crippen molar-refractivity contribution < 1.29 is 15.3 Å². The van der Waals surface area contributed by atoms with Gasteiger partial charge in [0.25, 0.3) is 0 Å². The second-order valence-corrected chi connectivity index (χ2v) is 4.49. The maximum Gasteiger partial charge on any atom is 0.0774 e. The van der Waals surface area contributed by atoms with Gasteiger partial charge >= 0.3 is 0 Å². The largest absolute Gasteiger partial charge is 0.394 e. The average molecular weight is 202 g/mol. The molecule has 1 aliphatic carbocycles. The fourth-order valence-electron chi connectivity index (χ4n) is 2.39. The van der Waals surface area contributed by atoms with Crippen molar-refractivity contribution in [3.8, 4) is 0 Å². The first kappa shape index (κ1) is 12.0. The van der Waals surface area contributed by atoms with E-state index in [1.807, 2.05) is 0 Å². The zero-order valence-corrected chi connectivity index (χ0v) is 8.89. The van der Waals surface area contributed by atoms with Gasteiger partial charge in [-0.2, -0.15) is 0 Å². The summed E-state index contributed by atoms with van der Waals surface area (Å²) in [4.78, 5) is 0. The van der Waals surface area contributed by atoms with Crippen LogP contribution in [0.1, 0.15) is 39.0 Å². The van der Waals surface area contributed by atoms with Gasteiger partial charge in [0.1, 0.15) is 0 Å². The molecule has 0 heterocycles. The molecule has 4 unspecified atom stereocenters. The molecule has 0 bridgehead atoms. The minimum absolute atomic E-state index is 0.177. The van der Waals surface area contributed by atoms with Gasteiger partial charge in [0.05, 0.1) is 18.8 Å². The van der Waals surface area contributed by atoms with Crippen LogP contribution >= 0.6 is 0 Å². The van der Waals surface area contributed by atoms with E-state index in [0.29, 0.717) is 12.3 Å². The van der Waals surface area contributed by atoms with E-state index >= 15 is 0 Å². The molecule has 4 atom stereocenters. The fourth-order valence-corrected chi connectivity index (χ4v) is 2.39. The molecule has 0 amide bonds. The first-order valence-corrected chi connectivity index (χ1v) is 5.64. The Morgan fingerprint density at radius 1 is 1.36 bits per heavy atom. The second kappa shape index (κ2) is 5.69. The van der Waals surface area contributed by atoms with Crippen molar-refractivity contribution in [2.24, 2.45) is 11.8 Å². The van der Waals surface area contributed by atoms with E-state index in [1.165, 1.54) is 0 Å². The molecule has 3 N–H and O–H groups in total. The lowest BCUT2D eigenvalue weighted by atomic mass is 9.76. The van der Waals surface area contributed by atoms with Gasteiger partial charge in [-0.3, -0.25) is 0 Å². The summed E-state index contributed by atoms with van der Waals surface area (Å²) >= 11 is 0. The summed E-state index contributed by atoms with van der Waals surface area (Å²) in [6, 6.07) is 0. The highest BCUT2D eigenvalue weighted by Gasteiger charge is 2.29. The topological polar surface area (TPSA) is 60.7 Å². The van der Waals surface area contributed by atoms with Crippen LogP contribution in [0.3, 0.4) is 0 Å². The Morgan fingerprint density at radius 2 is 2.07 bits per heavy atom. The molecule has 0 aromatic rings. The summed E-state index contributed by atoms with van der Waals surface area (Å²) < 4.78 is 0. The van der Waals surface area contributed by atoms with Crippen molar-refractivity contribution in [2.45, 2.75) is 51.2 Å². The first-order chi connectivity index (χ1) is 6.67. The standard InChI is InChI=1S/C11H22O3/c1-2-8-3-4-11(14)9(5-8)6-10(13)7-12/h8-14H,2-7H2,1H3. The zero-order chi connectivity index (χ0) is 10.6. The van der Waals surface area contributed by atoms with Gasteiger partial charge in [-0.05, 0) is 37.5 Å². The van der Waals surface area contributed by atoms with Crippen LogP contribution < -0.4 is 0 Å². The lowest BCUT2D eigenvalue weighted by Gasteiger charge is -2.33. The molecule has 3 heteroatoms. The first-order valence-electron chi connectivity index (χ1n) is 5.64. The predicted molar refractivity (Wildman–Crippen MR) is 54.8 cm³/mol. The SMILES string of the molecule is CCC1CCC(O)C(CC(O)CO)C1. The van der Waals surface area contributed by atoms with Gasteiger partial charge in [0, 0.05) is 0 Å². The summed E-state index contributed by atoms with van der Waals surface area (Å²) in [5, 5.41) is 27.8. The van der Waals surface area contributed by atoms with E-state index in [2.05, 4.69) is 6.92 Å². The van der Waals surface area contributed by atoms with Gasteiger partial charge < -0.3 is 15.3 Å². The van der Waals surface area contributed by atoms with Gasteiger partial charge in [0.2, 0.25) is 0 Å². The van der Waals surface area contributed by atoms with Crippen molar-refractivity contribution in [1.29, 1.82) is 0 Å². The third-order valence-electron chi connectivity index (χ3n) is 3.41. The maximum atomic E-state index is 9.73. The lowest BCUT2D eigenvalue weighted by Crippen LogP contribution is -2.32. The third-order valence-corrected chi connectivity index (χ3v) is 3.41. The van der Waals surface area contributed by atoms with Crippen LogP contribution in [0.5, 0.6) is 0 Å². The Hall–Kier alpha value is -0.120. The molecule has 1 fully saturated rings. The van der Waals surface area contributed by atoms with Gasteiger partial charge in [-0.1, -0.05) is 13.3 Å². The van der Waals surface area contributed by atoms with Crippen molar-refractivity contribution >= 4 is 0 Å². The molecular weight excluding hydrogens is 180 g/mol. The Morgan fingerprint density at radius 3 is 2.64 bits per heavy atom. The predicted octanol–water partition coefficient (Wildman–Crippen LogP) is 0.917. The molecule has 1 rings (SSSR count). The summed E-state index contributed by atoms with van der Waals surface area (Å²) in [6.07, 6.45) is 3.69. The number of aliphatic hydroxyl groups excluding tert-OH is 3. The highest BCUT2D eigenvalue weighted by atomic mass is 16.3. The van der Waals surface area contributed by atoms with Crippen LogP contribution in [0.15, 0.2) is 0 Å². The molecule has 84 valence electrons. The number of hydrogen-bond acceptors (Lipinski definition) is 3. The van der Waals surface area contributed by atoms with E-state index < -0.39 is 6.10 Å². The van der Waals surface area contributed by atoms with Crippen LogP contribution in [0.2, 0.25) is 0 Å². The van der Waals surface area contributed by atoms with E-state index in [9.17, 15) is 10.2 Å². The van der Waals surface area contributed by atoms with Crippen molar-refractivity contribution in [2.75, 3.05) is 6.61 Å². The summed E-state index contributed by atoms with van der Waals surface area (Å²) in [5.41, 5.74) is 0. The third kappa shape index (κ3) is 3.23. The maximum absolute atomic E-state index is 9.73.